The van der Waals surface area contributed by atoms with Crippen LogP contribution in [0.4, 0.5) is 23.0 Å². The van der Waals surface area contributed by atoms with E-state index in [0.717, 1.165) is 47.0 Å². The van der Waals surface area contributed by atoms with Crippen molar-refractivity contribution in [3.63, 3.8) is 0 Å². The van der Waals surface area contributed by atoms with Gasteiger partial charge in [-0.1, -0.05) is 91.1 Å². The summed E-state index contributed by atoms with van der Waals surface area (Å²) >= 11 is 0. The zero-order valence-corrected chi connectivity index (χ0v) is 25.6. The third kappa shape index (κ3) is 4.79. The van der Waals surface area contributed by atoms with E-state index in [-0.39, 0.29) is 6.04 Å². The van der Waals surface area contributed by atoms with Crippen molar-refractivity contribution in [2.45, 2.75) is 32.7 Å². The van der Waals surface area contributed by atoms with E-state index in [4.69, 9.17) is 9.97 Å². The molecule has 0 N–H and O–H groups in total. The molecule has 2 aliphatic rings. The average molecular weight is 583 g/mol. The van der Waals surface area contributed by atoms with Gasteiger partial charge in [-0.3, -0.25) is 4.90 Å². The molecule has 0 bridgehead atoms. The van der Waals surface area contributed by atoms with E-state index in [0.29, 0.717) is 0 Å². The Morgan fingerprint density at radius 3 is 1.96 bits per heavy atom. The summed E-state index contributed by atoms with van der Waals surface area (Å²) in [5.74, 6) is 1.86. The maximum absolute atomic E-state index is 4.91. The van der Waals surface area contributed by atoms with Crippen LogP contribution >= 0.6 is 0 Å². The quantitative estimate of drug-likeness (QED) is 0.183. The van der Waals surface area contributed by atoms with Crippen LogP contribution in [0.15, 0.2) is 146 Å². The van der Waals surface area contributed by atoms with Gasteiger partial charge < -0.3 is 4.90 Å². The first-order valence-electron chi connectivity index (χ1n) is 15.7. The average Bonchev–Trinajstić information content (AvgIpc) is 3.37. The largest absolute Gasteiger partial charge is 0.319 e. The highest BCUT2D eigenvalue weighted by Crippen LogP contribution is 2.45. The van der Waals surface area contributed by atoms with Crippen LogP contribution in [0.5, 0.6) is 0 Å². The molecule has 1 atom stereocenters. The second-order valence-electron chi connectivity index (χ2n) is 12.0. The number of nitrogens with zero attached hydrogens (tertiary/aromatic N) is 4. The number of aromatic nitrogens is 2. The van der Waals surface area contributed by atoms with Crippen LogP contribution in [0.3, 0.4) is 0 Å². The van der Waals surface area contributed by atoms with E-state index in [1.807, 2.05) is 12.4 Å². The minimum atomic E-state index is 0.171. The molecule has 0 saturated carbocycles. The van der Waals surface area contributed by atoms with Crippen LogP contribution in [0.2, 0.25) is 0 Å². The Hall–Kier alpha value is -5.48. The highest BCUT2D eigenvalue weighted by molar-refractivity contribution is 6.27. The Bertz CT molecular complexity index is 2180. The van der Waals surface area contributed by atoms with Gasteiger partial charge in [0.05, 0.1) is 17.4 Å². The summed E-state index contributed by atoms with van der Waals surface area (Å²) in [4.78, 5) is 14.5. The fraction of sp³-hybridized carbons (Fsp3) is 0.122. The molecule has 4 aromatic carbocycles. The first-order chi connectivity index (χ1) is 22.2. The fourth-order valence-corrected chi connectivity index (χ4v) is 6.71. The van der Waals surface area contributed by atoms with Crippen molar-refractivity contribution in [1.82, 2.24) is 9.97 Å². The highest BCUT2D eigenvalue weighted by atomic mass is 15.2. The zero-order valence-electron chi connectivity index (χ0n) is 25.6. The summed E-state index contributed by atoms with van der Waals surface area (Å²) in [7, 11) is 0. The van der Waals surface area contributed by atoms with Crippen molar-refractivity contribution < 1.29 is 0 Å². The van der Waals surface area contributed by atoms with E-state index in [9.17, 15) is 0 Å². The maximum Gasteiger partial charge on any atom is 0.137 e. The molecule has 4 heteroatoms. The van der Waals surface area contributed by atoms with E-state index in [2.05, 4.69) is 151 Å². The van der Waals surface area contributed by atoms with Gasteiger partial charge in [-0.2, -0.15) is 0 Å². The van der Waals surface area contributed by atoms with Gasteiger partial charge in [0, 0.05) is 28.9 Å². The molecule has 0 spiro atoms. The lowest BCUT2D eigenvalue weighted by atomic mass is 9.91. The first kappa shape index (κ1) is 27.1. The number of pyridine rings is 2. The number of hydrogen-bond donors (Lipinski definition) is 0. The Balaban J connectivity index is 1.38. The van der Waals surface area contributed by atoms with Crippen LogP contribution in [0.25, 0.3) is 32.3 Å². The minimum Gasteiger partial charge on any atom is -0.319 e. The van der Waals surface area contributed by atoms with E-state index < -0.39 is 0 Å². The summed E-state index contributed by atoms with van der Waals surface area (Å²) in [6.45, 7) is 4.17. The highest BCUT2D eigenvalue weighted by Gasteiger charge is 2.25. The Labute approximate surface area is 264 Å². The lowest BCUT2D eigenvalue weighted by Crippen LogP contribution is -2.30. The van der Waals surface area contributed by atoms with Gasteiger partial charge in [-0.15, -0.1) is 0 Å². The molecule has 0 fully saturated rings. The molecule has 2 aliphatic carbocycles. The number of anilines is 4. The molecule has 4 nitrogen and oxygen atoms in total. The minimum absolute atomic E-state index is 0.171. The predicted molar refractivity (Wildman–Crippen MR) is 190 cm³/mol. The number of benzene rings is 4. The molecular weight excluding hydrogens is 548 g/mol. The van der Waals surface area contributed by atoms with Crippen molar-refractivity contribution in [2.75, 3.05) is 9.80 Å². The maximum atomic E-state index is 4.91. The summed E-state index contributed by atoms with van der Waals surface area (Å²) in [5.41, 5.74) is 5.66. The number of allylic oxidation sites excluding steroid dienone is 7. The number of aryl methyl sites for hydroxylation is 2. The Morgan fingerprint density at radius 1 is 0.622 bits per heavy atom. The molecule has 2 heterocycles. The van der Waals surface area contributed by atoms with Crippen LogP contribution in [-0.4, -0.2) is 16.0 Å². The van der Waals surface area contributed by atoms with Gasteiger partial charge in [-0.25, -0.2) is 9.97 Å². The monoisotopic (exact) mass is 582 g/mol. The molecule has 0 amide bonds. The number of rotatable bonds is 6. The molecule has 0 radical (unpaired) electrons. The van der Waals surface area contributed by atoms with Gasteiger partial charge in [0.1, 0.15) is 11.6 Å². The third-order valence-electron chi connectivity index (χ3n) is 8.90. The lowest BCUT2D eigenvalue weighted by Gasteiger charge is -2.33. The smallest absolute Gasteiger partial charge is 0.137 e. The predicted octanol–water partition coefficient (Wildman–Crippen LogP) is 10.6. The summed E-state index contributed by atoms with van der Waals surface area (Å²) in [6, 6.07) is 26.9. The van der Waals surface area contributed by atoms with E-state index in [1.165, 1.54) is 38.0 Å². The first-order valence-corrected chi connectivity index (χ1v) is 15.7. The third-order valence-corrected chi connectivity index (χ3v) is 8.90. The second-order valence-corrected chi connectivity index (χ2v) is 12.0. The van der Waals surface area contributed by atoms with Crippen LogP contribution in [-0.2, 0) is 0 Å². The Kier molecular flexibility index (Phi) is 6.76. The fourth-order valence-electron chi connectivity index (χ4n) is 6.71. The number of hydrogen-bond acceptors (Lipinski definition) is 4. The lowest BCUT2D eigenvalue weighted by molar-refractivity contribution is 0.776. The second kappa shape index (κ2) is 11.2. The van der Waals surface area contributed by atoms with Gasteiger partial charge in [-0.05, 0) is 95.8 Å². The summed E-state index contributed by atoms with van der Waals surface area (Å²) in [6.07, 6.45) is 25.5. The summed E-state index contributed by atoms with van der Waals surface area (Å²) in [5, 5.41) is 7.44. The molecule has 218 valence electrons. The van der Waals surface area contributed by atoms with Crippen LogP contribution < -0.4 is 9.80 Å². The molecule has 8 rings (SSSR count). The van der Waals surface area contributed by atoms with Gasteiger partial charge >= 0.3 is 0 Å². The van der Waals surface area contributed by atoms with Crippen molar-refractivity contribution in [3.8, 4) is 0 Å². The molecule has 1 unspecified atom stereocenters. The van der Waals surface area contributed by atoms with Crippen molar-refractivity contribution in [3.05, 3.63) is 157 Å². The molecule has 45 heavy (non-hydrogen) atoms. The zero-order chi connectivity index (χ0) is 30.3. The van der Waals surface area contributed by atoms with E-state index in [1.54, 1.807) is 0 Å². The van der Waals surface area contributed by atoms with Crippen molar-refractivity contribution >= 4 is 55.3 Å². The van der Waals surface area contributed by atoms with Crippen LogP contribution in [0.1, 0.15) is 24.0 Å². The van der Waals surface area contributed by atoms with Gasteiger partial charge in [0.25, 0.3) is 0 Å². The van der Waals surface area contributed by atoms with E-state index >= 15 is 0 Å². The van der Waals surface area contributed by atoms with Gasteiger partial charge in [0.2, 0.25) is 0 Å². The SMILES string of the molecule is Cc1ccc(N(C2=CC=CCC=C2)c2ccc3ccc4c(N(c5ccc(C)cn5)C5C=CC=CC5)ccc5ccc2c3c54)nc1. The van der Waals surface area contributed by atoms with Crippen molar-refractivity contribution in [2.24, 2.45) is 0 Å². The standard InChI is InChI=1S/C41H34N4/c1-28-14-24-38(42-26-28)44(32-10-6-3-4-7-11-32)36-22-18-30-17-21-35-37(23-19-31-16-20-34(36)40(30)41(31)35)45(33-12-8-5-9-13-33)39-25-15-29(2)27-43-39/h3,5-12,14-27,33H,4,13H2,1-2H3. The topological polar surface area (TPSA) is 32.3 Å². The summed E-state index contributed by atoms with van der Waals surface area (Å²) < 4.78 is 0. The molecule has 0 aliphatic heterocycles. The molecule has 6 aromatic rings. The molecule has 2 aromatic heterocycles. The van der Waals surface area contributed by atoms with Crippen LogP contribution in [0, 0.1) is 13.8 Å². The molecular formula is C41H34N4. The normalized spacial score (nSPS) is 16.0. The van der Waals surface area contributed by atoms with Crippen molar-refractivity contribution in [1.29, 1.82) is 0 Å². The Morgan fingerprint density at radius 2 is 1.29 bits per heavy atom. The van der Waals surface area contributed by atoms with Gasteiger partial charge in [0.15, 0.2) is 0 Å². The molecule has 0 saturated heterocycles.